The molecule has 0 saturated heterocycles. The Labute approximate surface area is 126 Å². The first-order valence-corrected chi connectivity index (χ1v) is 7.55. The summed E-state index contributed by atoms with van der Waals surface area (Å²) in [6.07, 6.45) is 0.748. The maximum atomic E-state index is 8.69. The van der Waals surface area contributed by atoms with Gasteiger partial charge < -0.3 is 10.4 Å². The number of aliphatic hydroxyl groups excluding tert-OH is 1. The average Bonchev–Trinajstić information content (AvgIpc) is 2.86. The van der Waals surface area contributed by atoms with E-state index in [-0.39, 0.29) is 6.61 Å². The summed E-state index contributed by atoms with van der Waals surface area (Å²) in [5.74, 6) is 0. The molecule has 19 heavy (non-hydrogen) atoms. The van der Waals surface area contributed by atoms with E-state index < -0.39 is 0 Å². The molecule has 0 radical (unpaired) electrons. The van der Waals surface area contributed by atoms with Gasteiger partial charge in [-0.05, 0) is 31.2 Å². The van der Waals surface area contributed by atoms with E-state index in [0.29, 0.717) is 16.6 Å². The minimum Gasteiger partial charge on any atom is -0.396 e. The molecule has 1 heterocycles. The van der Waals surface area contributed by atoms with Gasteiger partial charge in [-0.2, -0.15) is 0 Å². The molecule has 0 amide bonds. The third-order valence-electron chi connectivity index (χ3n) is 2.54. The maximum Gasteiger partial charge on any atom is 0.107 e. The van der Waals surface area contributed by atoms with Crippen molar-refractivity contribution in [3.8, 4) is 11.3 Å². The molecule has 2 rings (SSSR count). The molecule has 2 N–H and O–H groups in total. The maximum absolute atomic E-state index is 8.69. The molecule has 0 fully saturated rings. The van der Waals surface area contributed by atoms with Crippen LogP contribution >= 0.6 is 34.5 Å². The minimum absolute atomic E-state index is 0.203. The summed E-state index contributed by atoms with van der Waals surface area (Å²) in [6, 6.07) is 5.36. The summed E-state index contributed by atoms with van der Waals surface area (Å²) in [5, 5.41) is 16.2. The molecule has 6 heteroatoms. The zero-order chi connectivity index (χ0) is 13.7. The second kappa shape index (κ2) is 7.22. The standard InChI is InChI=1S/C13H14Cl2N2OS/c14-9-2-3-11(15)10(6-9)12-8-19-13(17-12)7-16-4-1-5-18/h2-3,6,8,16,18H,1,4-5,7H2. The fourth-order valence-electron chi connectivity index (χ4n) is 1.61. The van der Waals surface area contributed by atoms with Gasteiger partial charge in [0.15, 0.2) is 0 Å². The van der Waals surface area contributed by atoms with Crippen molar-refractivity contribution in [1.29, 1.82) is 0 Å². The van der Waals surface area contributed by atoms with Crippen molar-refractivity contribution in [1.82, 2.24) is 10.3 Å². The number of thiazole rings is 1. The summed E-state index contributed by atoms with van der Waals surface area (Å²) in [6.45, 7) is 1.68. The van der Waals surface area contributed by atoms with Gasteiger partial charge in [0.2, 0.25) is 0 Å². The van der Waals surface area contributed by atoms with E-state index in [1.165, 1.54) is 0 Å². The molecule has 2 aromatic rings. The lowest BCUT2D eigenvalue weighted by Gasteiger charge is -2.02. The highest BCUT2D eigenvalue weighted by molar-refractivity contribution is 7.09. The Balaban J connectivity index is 2.06. The highest BCUT2D eigenvalue weighted by Crippen LogP contribution is 2.31. The Morgan fingerprint density at radius 3 is 2.95 bits per heavy atom. The van der Waals surface area contributed by atoms with Crippen LogP contribution < -0.4 is 5.32 Å². The van der Waals surface area contributed by atoms with Crippen molar-refractivity contribution in [2.45, 2.75) is 13.0 Å². The van der Waals surface area contributed by atoms with Crippen molar-refractivity contribution >= 4 is 34.5 Å². The van der Waals surface area contributed by atoms with Crippen LogP contribution in [0.4, 0.5) is 0 Å². The molecule has 0 spiro atoms. The number of hydrogen-bond donors (Lipinski definition) is 2. The van der Waals surface area contributed by atoms with Crippen LogP contribution in [0, 0.1) is 0 Å². The molecule has 0 aliphatic rings. The first kappa shape index (κ1) is 14.8. The van der Waals surface area contributed by atoms with Gasteiger partial charge in [0.05, 0.1) is 10.7 Å². The van der Waals surface area contributed by atoms with Crippen LogP contribution in [0.1, 0.15) is 11.4 Å². The SMILES string of the molecule is OCCCNCc1nc(-c2cc(Cl)ccc2Cl)cs1. The molecule has 1 aromatic heterocycles. The molecule has 3 nitrogen and oxygen atoms in total. The number of hydrogen-bond acceptors (Lipinski definition) is 4. The van der Waals surface area contributed by atoms with E-state index in [4.69, 9.17) is 28.3 Å². The monoisotopic (exact) mass is 316 g/mol. The Kier molecular flexibility index (Phi) is 5.60. The fourth-order valence-corrected chi connectivity index (χ4v) is 2.76. The molecule has 0 atom stereocenters. The number of halogens is 2. The number of nitrogens with one attached hydrogen (secondary N) is 1. The zero-order valence-electron chi connectivity index (χ0n) is 10.2. The molecule has 0 aliphatic carbocycles. The van der Waals surface area contributed by atoms with Crippen molar-refractivity contribution in [3.05, 3.63) is 38.6 Å². The van der Waals surface area contributed by atoms with Crippen LogP contribution in [-0.2, 0) is 6.54 Å². The lowest BCUT2D eigenvalue weighted by molar-refractivity contribution is 0.286. The van der Waals surface area contributed by atoms with Crippen LogP contribution in [0.2, 0.25) is 10.0 Å². The van der Waals surface area contributed by atoms with Gasteiger partial charge in [-0.15, -0.1) is 11.3 Å². The smallest absolute Gasteiger partial charge is 0.107 e. The average molecular weight is 317 g/mol. The van der Waals surface area contributed by atoms with E-state index in [0.717, 1.165) is 29.2 Å². The third-order valence-corrected chi connectivity index (χ3v) is 3.96. The quantitative estimate of drug-likeness (QED) is 0.800. The highest BCUT2D eigenvalue weighted by Gasteiger charge is 2.08. The Bertz CT molecular complexity index is 545. The number of aliphatic hydroxyl groups is 1. The van der Waals surface area contributed by atoms with E-state index >= 15 is 0 Å². The predicted octanol–water partition coefficient (Wildman–Crippen LogP) is 3.59. The van der Waals surface area contributed by atoms with E-state index in [2.05, 4.69) is 10.3 Å². The van der Waals surface area contributed by atoms with Gasteiger partial charge in [0.25, 0.3) is 0 Å². The summed E-state index contributed by atoms with van der Waals surface area (Å²) in [4.78, 5) is 4.53. The summed E-state index contributed by atoms with van der Waals surface area (Å²) in [7, 11) is 0. The predicted molar refractivity (Wildman–Crippen MR) is 81.0 cm³/mol. The van der Waals surface area contributed by atoms with Gasteiger partial charge in [-0.1, -0.05) is 23.2 Å². The van der Waals surface area contributed by atoms with Crippen molar-refractivity contribution in [2.75, 3.05) is 13.2 Å². The largest absolute Gasteiger partial charge is 0.396 e. The van der Waals surface area contributed by atoms with Gasteiger partial charge in [0, 0.05) is 29.1 Å². The lowest BCUT2D eigenvalue weighted by atomic mass is 10.2. The fraction of sp³-hybridized carbons (Fsp3) is 0.308. The molecule has 0 unspecified atom stereocenters. The number of nitrogens with zero attached hydrogens (tertiary/aromatic N) is 1. The molecule has 0 saturated carbocycles. The number of aromatic nitrogens is 1. The van der Waals surface area contributed by atoms with Crippen LogP contribution in [0.5, 0.6) is 0 Å². The number of benzene rings is 1. The third kappa shape index (κ3) is 4.16. The zero-order valence-corrected chi connectivity index (χ0v) is 12.5. The molecule has 0 aliphatic heterocycles. The normalized spacial score (nSPS) is 10.9. The summed E-state index contributed by atoms with van der Waals surface area (Å²) < 4.78 is 0. The highest BCUT2D eigenvalue weighted by atomic mass is 35.5. The minimum atomic E-state index is 0.203. The Morgan fingerprint density at radius 2 is 2.16 bits per heavy atom. The number of rotatable bonds is 6. The molecular weight excluding hydrogens is 303 g/mol. The first-order chi connectivity index (χ1) is 9.20. The molecule has 0 bridgehead atoms. The van der Waals surface area contributed by atoms with Gasteiger partial charge in [0.1, 0.15) is 5.01 Å². The van der Waals surface area contributed by atoms with Crippen molar-refractivity contribution in [3.63, 3.8) is 0 Å². The Morgan fingerprint density at radius 1 is 1.32 bits per heavy atom. The van der Waals surface area contributed by atoms with E-state index in [1.54, 1.807) is 23.5 Å². The second-order valence-electron chi connectivity index (χ2n) is 4.00. The topological polar surface area (TPSA) is 45.1 Å². The molecular formula is C13H14Cl2N2OS. The van der Waals surface area contributed by atoms with Crippen molar-refractivity contribution in [2.24, 2.45) is 0 Å². The Hall–Kier alpha value is -0.650. The van der Waals surface area contributed by atoms with Gasteiger partial charge in [-0.25, -0.2) is 4.98 Å². The van der Waals surface area contributed by atoms with Crippen LogP contribution in [0.3, 0.4) is 0 Å². The second-order valence-corrected chi connectivity index (χ2v) is 5.79. The van der Waals surface area contributed by atoms with E-state index in [1.807, 2.05) is 11.4 Å². The van der Waals surface area contributed by atoms with Crippen LogP contribution in [-0.4, -0.2) is 23.2 Å². The molecule has 1 aromatic carbocycles. The van der Waals surface area contributed by atoms with Gasteiger partial charge in [-0.3, -0.25) is 0 Å². The first-order valence-electron chi connectivity index (χ1n) is 5.92. The summed E-state index contributed by atoms with van der Waals surface area (Å²) >= 11 is 13.7. The van der Waals surface area contributed by atoms with E-state index in [9.17, 15) is 0 Å². The van der Waals surface area contributed by atoms with Crippen LogP contribution in [0.15, 0.2) is 23.6 Å². The van der Waals surface area contributed by atoms with Crippen molar-refractivity contribution < 1.29 is 5.11 Å². The van der Waals surface area contributed by atoms with Crippen LogP contribution in [0.25, 0.3) is 11.3 Å². The summed E-state index contributed by atoms with van der Waals surface area (Å²) in [5.41, 5.74) is 1.70. The van der Waals surface area contributed by atoms with Gasteiger partial charge >= 0.3 is 0 Å². The molecule has 102 valence electrons. The lowest BCUT2D eigenvalue weighted by Crippen LogP contribution is -2.15.